The van der Waals surface area contributed by atoms with Crippen molar-refractivity contribution in [2.45, 2.75) is 46.6 Å². The fourth-order valence-corrected chi connectivity index (χ4v) is 3.37. The third-order valence-electron chi connectivity index (χ3n) is 5.11. The second-order valence-corrected chi connectivity index (χ2v) is 7.29. The highest BCUT2D eigenvalue weighted by molar-refractivity contribution is 5.47. The summed E-state index contributed by atoms with van der Waals surface area (Å²) in [6, 6.07) is 26.5. The van der Waals surface area contributed by atoms with Gasteiger partial charge in [-0.15, -0.1) is 0 Å². The van der Waals surface area contributed by atoms with Crippen molar-refractivity contribution in [1.82, 2.24) is 5.32 Å². The number of nitrogens with one attached hydrogen (secondary N) is 1. The van der Waals surface area contributed by atoms with Crippen LogP contribution in [0.5, 0.6) is 0 Å². The Bertz CT molecular complexity index is 797. The standard InChI is InChI=1S/C26H29N.C2H6/c1-4-22-9-11-23(12-10-22)19-27-18-17-26(24-13-5-20(2)6-14-24)25-15-7-21(3)8-16-25;1-2/h4-16,26-27H,1,17-19H2,2-3H3;1-2H3. The van der Waals surface area contributed by atoms with Crippen molar-refractivity contribution in [3.8, 4) is 0 Å². The second-order valence-electron chi connectivity index (χ2n) is 7.29. The molecule has 0 bridgehead atoms. The van der Waals surface area contributed by atoms with Gasteiger partial charge >= 0.3 is 0 Å². The Labute approximate surface area is 177 Å². The van der Waals surface area contributed by atoms with E-state index in [4.69, 9.17) is 0 Å². The van der Waals surface area contributed by atoms with Gasteiger partial charge in [-0.1, -0.05) is 110 Å². The molecule has 0 saturated heterocycles. The first-order valence-electron chi connectivity index (χ1n) is 10.7. The Kier molecular flexibility index (Phi) is 9.40. The molecular formula is C28H35N. The average molecular weight is 386 g/mol. The van der Waals surface area contributed by atoms with Crippen LogP contribution in [0.2, 0.25) is 0 Å². The molecule has 0 aliphatic heterocycles. The number of rotatable bonds is 8. The van der Waals surface area contributed by atoms with Crippen molar-refractivity contribution in [2.75, 3.05) is 6.54 Å². The zero-order valence-electron chi connectivity index (χ0n) is 18.4. The van der Waals surface area contributed by atoms with Crippen LogP contribution >= 0.6 is 0 Å². The highest BCUT2D eigenvalue weighted by Gasteiger charge is 2.13. The Morgan fingerprint density at radius 1 is 0.759 bits per heavy atom. The quantitative estimate of drug-likeness (QED) is 0.402. The molecular weight excluding hydrogens is 350 g/mol. The number of benzene rings is 3. The third-order valence-corrected chi connectivity index (χ3v) is 5.11. The van der Waals surface area contributed by atoms with Crippen molar-refractivity contribution in [3.05, 3.63) is 113 Å². The molecule has 29 heavy (non-hydrogen) atoms. The number of aryl methyl sites for hydroxylation is 2. The van der Waals surface area contributed by atoms with Crippen molar-refractivity contribution < 1.29 is 0 Å². The first-order chi connectivity index (χ1) is 14.2. The lowest BCUT2D eigenvalue weighted by atomic mass is 9.87. The highest BCUT2D eigenvalue weighted by Crippen LogP contribution is 2.28. The molecule has 0 saturated carbocycles. The summed E-state index contributed by atoms with van der Waals surface area (Å²) in [4.78, 5) is 0. The normalized spacial score (nSPS) is 10.4. The maximum absolute atomic E-state index is 3.81. The van der Waals surface area contributed by atoms with Crippen molar-refractivity contribution >= 4 is 6.08 Å². The van der Waals surface area contributed by atoms with E-state index in [0.29, 0.717) is 5.92 Å². The number of hydrogen-bond acceptors (Lipinski definition) is 1. The van der Waals surface area contributed by atoms with E-state index in [2.05, 4.69) is 98.5 Å². The van der Waals surface area contributed by atoms with E-state index in [1.807, 2.05) is 19.9 Å². The molecule has 0 aromatic heterocycles. The van der Waals surface area contributed by atoms with E-state index in [0.717, 1.165) is 25.1 Å². The van der Waals surface area contributed by atoms with Gasteiger partial charge in [0.2, 0.25) is 0 Å². The van der Waals surface area contributed by atoms with Crippen molar-refractivity contribution in [3.63, 3.8) is 0 Å². The molecule has 152 valence electrons. The van der Waals surface area contributed by atoms with Gasteiger partial charge in [0.15, 0.2) is 0 Å². The van der Waals surface area contributed by atoms with Gasteiger partial charge in [-0.05, 0) is 49.1 Å². The van der Waals surface area contributed by atoms with E-state index >= 15 is 0 Å². The zero-order chi connectivity index (χ0) is 21.1. The first-order valence-corrected chi connectivity index (χ1v) is 10.7. The Morgan fingerprint density at radius 3 is 1.69 bits per heavy atom. The maximum atomic E-state index is 3.81. The SMILES string of the molecule is C=Cc1ccc(CNCCC(c2ccc(C)cc2)c2ccc(C)cc2)cc1.CC. The highest BCUT2D eigenvalue weighted by atomic mass is 14.8. The largest absolute Gasteiger partial charge is 0.313 e. The fourth-order valence-electron chi connectivity index (χ4n) is 3.37. The smallest absolute Gasteiger partial charge is 0.0205 e. The molecule has 0 spiro atoms. The van der Waals surface area contributed by atoms with Crippen LogP contribution in [0.4, 0.5) is 0 Å². The molecule has 1 heteroatoms. The predicted molar refractivity (Wildman–Crippen MR) is 128 cm³/mol. The van der Waals surface area contributed by atoms with Crippen LogP contribution < -0.4 is 5.32 Å². The lowest BCUT2D eigenvalue weighted by molar-refractivity contribution is 0.611. The monoisotopic (exact) mass is 385 g/mol. The topological polar surface area (TPSA) is 12.0 Å². The van der Waals surface area contributed by atoms with Gasteiger partial charge in [0.1, 0.15) is 0 Å². The summed E-state index contributed by atoms with van der Waals surface area (Å²) in [6.07, 6.45) is 2.96. The van der Waals surface area contributed by atoms with Gasteiger partial charge in [-0.3, -0.25) is 0 Å². The molecule has 0 atom stereocenters. The van der Waals surface area contributed by atoms with Gasteiger partial charge < -0.3 is 5.32 Å². The van der Waals surface area contributed by atoms with Gasteiger partial charge in [0.05, 0.1) is 0 Å². The summed E-state index contributed by atoms with van der Waals surface area (Å²) < 4.78 is 0. The minimum absolute atomic E-state index is 0.418. The molecule has 1 N–H and O–H groups in total. The Hall–Kier alpha value is -2.64. The van der Waals surface area contributed by atoms with Crippen LogP contribution in [0.3, 0.4) is 0 Å². The van der Waals surface area contributed by atoms with Gasteiger partial charge in [0.25, 0.3) is 0 Å². The van der Waals surface area contributed by atoms with Crippen LogP contribution in [0.25, 0.3) is 6.08 Å². The summed E-state index contributed by atoms with van der Waals surface area (Å²) in [7, 11) is 0. The summed E-state index contributed by atoms with van der Waals surface area (Å²) in [5, 5.41) is 3.61. The van der Waals surface area contributed by atoms with E-state index in [1.165, 1.54) is 27.8 Å². The summed E-state index contributed by atoms with van der Waals surface area (Å²) >= 11 is 0. The average Bonchev–Trinajstić information content (AvgIpc) is 2.77. The number of hydrogen-bond donors (Lipinski definition) is 1. The van der Waals surface area contributed by atoms with Crippen molar-refractivity contribution in [1.29, 1.82) is 0 Å². The van der Waals surface area contributed by atoms with E-state index in [1.54, 1.807) is 0 Å². The lowest BCUT2D eigenvalue weighted by Crippen LogP contribution is -2.17. The fraction of sp³-hybridized carbons (Fsp3) is 0.286. The van der Waals surface area contributed by atoms with Gasteiger partial charge in [-0.25, -0.2) is 0 Å². The first kappa shape index (κ1) is 22.6. The van der Waals surface area contributed by atoms with Gasteiger partial charge in [0, 0.05) is 12.5 Å². The van der Waals surface area contributed by atoms with Crippen LogP contribution in [0.15, 0.2) is 79.4 Å². The zero-order valence-corrected chi connectivity index (χ0v) is 18.4. The molecule has 0 fully saturated rings. The molecule has 0 amide bonds. The molecule has 1 nitrogen and oxygen atoms in total. The van der Waals surface area contributed by atoms with Crippen LogP contribution in [0.1, 0.15) is 59.6 Å². The molecule has 0 aliphatic rings. The summed E-state index contributed by atoms with van der Waals surface area (Å²) in [6.45, 7) is 14.0. The molecule has 0 aliphatic carbocycles. The van der Waals surface area contributed by atoms with E-state index in [9.17, 15) is 0 Å². The Balaban J connectivity index is 0.00000145. The second kappa shape index (κ2) is 12.0. The molecule has 0 unspecified atom stereocenters. The third kappa shape index (κ3) is 7.03. The minimum Gasteiger partial charge on any atom is -0.313 e. The molecule has 0 radical (unpaired) electrons. The lowest BCUT2D eigenvalue weighted by Gasteiger charge is -2.19. The van der Waals surface area contributed by atoms with Crippen LogP contribution in [-0.4, -0.2) is 6.54 Å². The summed E-state index contributed by atoms with van der Waals surface area (Å²) in [5.74, 6) is 0.418. The van der Waals surface area contributed by atoms with E-state index in [-0.39, 0.29) is 0 Å². The van der Waals surface area contributed by atoms with Crippen molar-refractivity contribution in [2.24, 2.45) is 0 Å². The predicted octanol–water partition coefficient (Wildman–Crippen LogP) is 7.28. The van der Waals surface area contributed by atoms with Gasteiger partial charge in [-0.2, -0.15) is 0 Å². The van der Waals surface area contributed by atoms with Crippen LogP contribution in [0, 0.1) is 13.8 Å². The molecule has 3 aromatic carbocycles. The van der Waals surface area contributed by atoms with Crippen LogP contribution in [-0.2, 0) is 6.54 Å². The Morgan fingerprint density at radius 2 is 1.24 bits per heavy atom. The molecule has 3 aromatic rings. The molecule has 3 rings (SSSR count). The molecule has 0 heterocycles. The maximum Gasteiger partial charge on any atom is 0.0205 e. The minimum atomic E-state index is 0.418. The van der Waals surface area contributed by atoms with E-state index < -0.39 is 0 Å². The summed E-state index contributed by atoms with van der Waals surface area (Å²) in [5.41, 5.74) is 7.87.